The van der Waals surface area contributed by atoms with E-state index < -0.39 is 32.6 Å². The summed E-state index contributed by atoms with van der Waals surface area (Å²) in [5.41, 5.74) is 2.00. The van der Waals surface area contributed by atoms with Gasteiger partial charge in [-0.1, -0.05) is 25.1 Å². The van der Waals surface area contributed by atoms with Crippen molar-refractivity contribution in [1.29, 1.82) is 0 Å². The van der Waals surface area contributed by atoms with E-state index in [9.17, 15) is 18.0 Å². The minimum Gasteiger partial charge on any atom is -0.465 e. The summed E-state index contributed by atoms with van der Waals surface area (Å²) in [6.07, 6.45) is 0. The summed E-state index contributed by atoms with van der Waals surface area (Å²) in [6, 6.07) is 10.9. The maximum Gasteiger partial charge on any atom is 0.339 e. The number of nitrogens with one attached hydrogen (secondary N) is 2. The van der Waals surface area contributed by atoms with Crippen molar-refractivity contribution in [2.24, 2.45) is 0 Å². The van der Waals surface area contributed by atoms with Crippen molar-refractivity contribution in [3.8, 4) is 0 Å². The Morgan fingerprint density at radius 1 is 1.19 bits per heavy atom. The van der Waals surface area contributed by atoms with Gasteiger partial charge in [0.2, 0.25) is 5.09 Å². The molecule has 0 spiro atoms. The lowest BCUT2D eigenvalue weighted by Crippen LogP contribution is -2.24. The van der Waals surface area contributed by atoms with Gasteiger partial charge in [-0.05, 0) is 37.6 Å². The number of fused-ring (bicyclic) bond motifs is 1. The lowest BCUT2D eigenvalue weighted by atomic mass is 10.0. The maximum atomic E-state index is 12.7. The number of para-hydroxylation sites is 1. The van der Waals surface area contributed by atoms with Crippen molar-refractivity contribution in [1.82, 2.24) is 4.72 Å². The number of methoxy groups -OCH3 is 1. The van der Waals surface area contributed by atoms with E-state index in [4.69, 9.17) is 9.15 Å². The van der Waals surface area contributed by atoms with Crippen LogP contribution in [-0.2, 0) is 14.8 Å². The molecule has 9 heteroatoms. The number of rotatable bonds is 7. The molecule has 0 saturated carbocycles. The van der Waals surface area contributed by atoms with Gasteiger partial charge < -0.3 is 14.5 Å². The number of aryl methyl sites for hydroxylation is 1. The number of benzene rings is 2. The Bertz CT molecular complexity index is 1300. The van der Waals surface area contributed by atoms with Crippen molar-refractivity contribution in [3.05, 3.63) is 69.4 Å². The second kappa shape index (κ2) is 8.91. The highest BCUT2D eigenvalue weighted by Gasteiger charge is 2.22. The maximum absolute atomic E-state index is 12.7. The zero-order valence-corrected chi connectivity index (χ0v) is 18.5. The van der Waals surface area contributed by atoms with E-state index in [1.807, 2.05) is 19.9 Å². The van der Waals surface area contributed by atoms with Crippen LogP contribution in [0.25, 0.3) is 11.0 Å². The first kappa shape index (κ1) is 22.5. The van der Waals surface area contributed by atoms with Crippen LogP contribution in [0.5, 0.6) is 0 Å². The van der Waals surface area contributed by atoms with Gasteiger partial charge in [0.05, 0.1) is 24.1 Å². The predicted octanol–water partition coefficient (Wildman–Crippen LogP) is 3.36. The zero-order chi connectivity index (χ0) is 22.8. The molecular formula is C22H24N2O6S. The van der Waals surface area contributed by atoms with E-state index in [0.29, 0.717) is 16.8 Å². The molecule has 0 saturated heterocycles. The van der Waals surface area contributed by atoms with Crippen LogP contribution >= 0.6 is 0 Å². The number of esters is 1. The molecular weight excluding hydrogens is 420 g/mol. The molecule has 2 aromatic carbocycles. The van der Waals surface area contributed by atoms with E-state index in [2.05, 4.69) is 10.0 Å². The van der Waals surface area contributed by atoms with Crippen molar-refractivity contribution in [3.63, 3.8) is 0 Å². The van der Waals surface area contributed by atoms with Gasteiger partial charge in [-0.2, -0.15) is 0 Å². The molecule has 0 radical (unpaired) electrons. The molecule has 0 fully saturated rings. The first-order chi connectivity index (χ1) is 14.7. The van der Waals surface area contributed by atoms with Crippen LogP contribution in [0.4, 0.5) is 5.69 Å². The Morgan fingerprint density at radius 2 is 1.90 bits per heavy atom. The van der Waals surface area contributed by atoms with Gasteiger partial charge >= 0.3 is 5.97 Å². The Morgan fingerprint density at radius 3 is 2.58 bits per heavy atom. The van der Waals surface area contributed by atoms with E-state index in [0.717, 1.165) is 11.6 Å². The number of hydrogen-bond donors (Lipinski definition) is 2. The van der Waals surface area contributed by atoms with E-state index in [1.165, 1.54) is 7.11 Å². The normalized spacial score (nSPS) is 12.5. The van der Waals surface area contributed by atoms with Gasteiger partial charge in [-0.25, -0.2) is 17.9 Å². The largest absolute Gasteiger partial charge is 0.465 e. The molecule has 164 valence electrons. The molecule has 0 amide bonds. The summed E-state index contributed by atoms with van der Waals surface area (Å²) >= 11 is 0. The molecule has 3 rings (SSSR count). The molecule has 0 bridgehead atoms. The van der Waals surface area contributed by atoms with Gasteiger partial charge in [-0.15, -0.1) is 0 Å². The van der Waals surface area contributed by atoms with Crippen LogP contribution in [0.15, 0.2) is 56.8 Å². The van der Waals surface area contributed by atoms with Crippen molar-refractivity contribution >= 4 is 32.6 Å². The molecule has 1 unspecified atom stereocenters. The Kier molecular flexibility index (Phi) is 6.47. The Hall–Kier alpha value is -3.17. The minimum atomic E-state index is -3.96. The van der Waals surface area contributed by atoms with Gasteiger partial charge in [0, 0.05) is 23.9 Å². The molecule has 0 aliphatic heterocycles. The fourth-order valence-electron chi connectivity index (χ4n) is 3.34. The third kappa shape index (κ3) is 4.62. The molecule has 31 heavy (non-hydrogen) atoms. The number of hydrogen-bond acceptors (Lipinski definition) is 7. The van der Waals surface area contributed by atoms with Crippen molar-refractivity contribution in [2.75, 3.05) is 19.0 Å². The lowest BCUT2D eigenvalue weighted by Gasteiger charge is -2.19. The summed E-state index contributed by atoms with van der Waals surface area (Å²) in [4.78, 5) is 24.8. The molecule has 2 N–H and O–H groups in total. The van der Waals surface area contributed by atoms with Gasteiger partial charge in [-0.3, -0.25) is 4.79 Å². The smallest absolute Gasteiger partial charge is 0.339 e. The molecule has 3 aromatic rings. The van der Waals surface area contributed by atoms with Gasteiger partial charge in [0.25, 0.3) is 10.0 Å². The van der Waals surface area contributed by atoms with Gasteiger partial charge in [0.15, 0.2) is 5.43 Å². The van der Waals surface area contributed by atoms with Gasteiger partial charge in [0.1, 0.15) is 5.58 Å². The van der Waals surface area contributed by atoms with Crippen LogP contribution < -0.4 is 15.5 Å². The molecule has 1 aromatic heterocycles. The first-order valence-electron chi connectivity index (χ1n) is 9.70. The van der Waals surface area contributed by atoms with Crippen LogP contribution in [0.3, 0.4) is 0 Å². The molecule has 8 nitrogen and oxygen atoms in total. The monoisotopic (exact) mass is 444 g/mol. The summed E-state index contributed by atoms with van der Waals surface area (Å²) in [6.45, 7) is 5.46. The van der Waals surface area contributed by atoms with E-state index in [1.54, 1.807) is 37.3 Å². The predicted molar refractivity (Wildman–Crippen MR) is 118 cm³/mol. The highest BCUT2D eigenvalue weighted by molar-refractivity contribution is 7.89. The quantitative estimate of drug-likeness (QED) is 0.537. The average Bonchev–Trinajstić information content (AvgIpc) is 2.73. The summed E-state index contributed by atoms with van der Waals surface area (Å²) in [5.74, 6) is -0.491. The zero-order valence-electron chi connectivity index (χ0n) is 17.7. The third-order valence-electron chi connectivity index (χ3n) is 4.75. The molecule has 0 aliphatic carbocycles. The fourth-order valence-corrected chi connectivity index (χ4v) is 4.31. The molecule has 0 aliphatic rings. The van der Waals surface area contributed by atoms with Crippen LogP contribution in [-0.4, -0.2) is 28.0 Å². The second-order valence-electron chi connectivity index (χ2n) is 7.07. The van der Waals surface area contributed by atoms with Crippen LogP contribution in [0, 0.1) is 6.92 Å². The SMILES string of the molecule is CCNS(=O)(=O)c1cc(=O)c2cc(C)cc(C(C)Nc3ccccc3C(=O)OC)c2o1. The number of ether oxygens (including phenoxy) is 1. The van der Waals surface area contributed by atoms with Crippen LogP contribution in [0.1, 0.15) is 41.4 Å². The summed E-state index contributed by atoms with van der Waals surface area (Å²) < 4.78 is 37.7. The lowest BCUT2D eigenvalue weighted by molar-refractivity contribution is 0.0601. The highest BCUT2D eigenvalue weighted by Crippen LogP contribution is 2.30. The highest BCUT2D eigenvalue weighted by atomic mass is 32.2. The number of sulfonamides is 1. The fraction of sp³-hybridized carbons (Fsp3) is 0.273. The standard InChI is InChI=1S/C22H24N2O6S/c1-5-23-31(27,28)20-12-19(25)17-11-13(2)10-16(21(17)30-20)14(3)24-18-9-7-6-8-15(18)22(26)29-4/h6-12,14,23-24H,5H2,1-4H3. The average molecular weight is 445 g/mol. The topological polar surface area (TPSA) is 115 Å². The minimum absolute atomic E-state index is 0.160. The number of carbonyl (C=O) groups is 1. The Labute approximate surface area is 180 Å². The molecule has 1 heterocycles. The number of carbonyl (C=O) groups excluding carboxylic acids is 1. The van der Waals surface area contributed by atoms with Crippen molar-refractivity contribution in [2.45, 2.75) is 31.9 Å². The van der Waals surface area contributed by atoms with Crippen molar-refractivity contribution < 1.29 is 22.4 Å². The van der Waals surface area contributed by atoms with Crippen LogP contribution in [0.2, 0.25) is 0 Å². The van der Waals surface area contributed by atoms with E-state index in [-0.39, 0.29) is 17.5 Å². The first-order valence-corrected chi connectivity index (χ1v) is 11.2. The summed E-state index contributed by atoms with van der Waals surface area (Å²) in [5, 5.41) is 3.07. The third-order valence-corrected chi connectivity index (χ3v) is 6.15. The Balaban J connectivity index is 2.15. The summed E-state index contributed by atoms with van der Waals surface area (Å²) in [7, 11) is -2.65. The van der Waals surface area contributed by atoms with E-state index >= 15 is 0 Å². The second-order valence-corrected chi connectivity index (χ2v) is 8.76. The molecule has 1 atom stereocenters. The number of anilines is 1.